The van der Waals surface area contributed by atoms with Crippen LogP contribution in [-0.4, -0.2) is 23.1 Å². The van der Waals surface area contributed by atoms with E-state index in [1.54, 1.807) is 0 Å². The zero-order chi connectivity index (χ0) is 16.2. The van der Waals surface area contributed by atoms with Crippen LogP contribution in [0.5, 0.6) is 0 Å². The molecule has 0 unspecified atom stereocenters. The van der Waals surface area contributed by atoms with Crippen molar-refractivity contribution in [1.82, 2.24) is 9.97 Å². The standard InChI is InChI=1S/C17H16BrClN4/c1-11-2-4-15(22-10-11)20-6-7-21-16-5-3-12-8-13(18)9-14(19)17(12)23-16/h2-5,8-10H,6-7H2,1H3,(H,20,22)(H,21,23). The van der Waals surface area contributed by atoms with E-state index in [0.29, 0.717) is 5.02 Å². The van der Waals surface area contributed by atoms with Gasteiger partial charge in [0.05, 0.1) is 10.5 Å². The first kappa shape index (κ1) is 16.0. The summed E-state index contributed by atoms with van der Waals surface area (Å²) >= 11 is 9.69. The average Bonchev–Trinajstić information content (AvgIpc) is 2.53. The summed E-state index contributed by atoms with van der Waals surface area (Å²) in [5.74, 6) is 1.68. The van der Waals surface area contributed by atoms with Crippen molar-refractivity contribution in [3.05, 3.63) is 57.7 Å². The Kier molecular flexibility index (Phi) is 4.98. The minimum Gasteiger partial charge on any atom is -0.368 e. The number of nitrogens with zero attached hydrogens (tertiary/aromatic N) is 2. The zero-order valence-electron chi connectivity index (χ0n) is 12.6. The second kappa shape index (κ2) is 7.15. The Morgan fingerprint density at radius 1 is 1.04 bits per heavy atom. The fourth-order valence-corrected chi connectivity index (χ4v) is 3.09. The van der Waals surface area contributed by atoms with E-state index in [4.69, 9.17) is 11.6 Å². The molecule has 0 bridgehead atoms. The largest absolute Gasteiger partial charge is 0.368 e. The Morgan fingerprint density at radius 2 is 1.78 bits per heavy atom. The Hall–Kier alpha value is -1.85. The predicted molar refractivity (Wildman–Crippen MR) is 100 cm³/mol. The third kappa shape index (κ3) is 4.12. The molecule has 0 radical (unpaired) electrons. The maximum Gasteiger partial charge on any atom is 0.126 e. The second-order valence-electron chi connectivity index (χ2n) is 5.23. The third-order valence-corrected chi connectivity index (χ3v) is 4.11. The van der Waals surface area contributed by atoms with Gasteiger partial charge in [0.25, 0.3) is 0 Å². The van der Waals surface area contributed by atoms with E-state index >= 15 is 0 Å². The number of aromatic nitrogens is 2. The lowest BCUT2D eigenvalue weighted by Crippen LogP contribution is -2.14. The Balaban J connectivity index is 1.60. The molecule has 2 N–H and O–H groups in total. The van der Waals surface area contributed by atoms with Gasteiger partial charge in [-0.05, 0) is 42.8 Å². The molecule has 3 rings (SSSR count). The molecule has 6 heteroatoms. The smallest absolute Gasteiger partial charge is 0.126 e. The van der Waals surface area contributed by atoms with Gasteiger partial charge in [-0.15, -0.1) is 0 Å². The van der Waals surface area contributed by atoms with E-state index < -0.39 is 0 Å². The lowest BCUT2D eigenvalue weighted by Gasteiger charge is -2.09. The van der Waals surface area contributed by atoms with E-state index in [1.165, 1.54) is 0 Å². The molecule has 2 aromatic heterocycles. The van der Waals surface area contributed by atoms with Gasteiger partial charge in [0.15, 0.2) is 0 Å². The summed E-state index contributed by atoms with van der Waals surface area (Å²) in [6.45, 7) is 3.51. The molecule has 3 aromatic rings. The Bertz CT molecular complexity index is 821. The molecule has 23 heavy (non-hydrogen) atoms. The molecule has 0 spiro atoms. The van der Waals surface area contributed by atoms with Crippen LogP contribution in [0.15, 0.2) is 47.1 Å². The molecule has 0 aliphatic carbocycles. The quantitative estimate of drug-likeness (QED) is 0.609. The van der Waals surface area contributed by atoms with Crippen LogP contribution >= 0.6 is 27.5 Å². The topological polar surface area (TPSA) is 49.8 Å². The van der Waals surface area contributed by atoms with Crippen LogP contribution in [0.4, 0.5) is 11.6 Å². The van der Waals surface area contributed by atoms with Crippen molar-refractivity contribution in [2.24, 2.45) is 0 Å². The Morgan fingerprint density at radius 3 is 2.52 bits per heavy atom. The van der Waals surface area contributed by atoms with Crippen molar-refractivity contribution < 1.29 is 0 Å². The van der Waals surface area contributed by atoms with Gasteiger partial charge in [0.1, 0.15) is 11.6 Å². The highest BCUT2D eigenvalue weighted by molar-refractivity contribution is 9.10. The van der Waals surface area contributed by atoms with Crippen molar-refractivity contribution in [1.29, 1.82) is 0 Å². The number of aryl methyl sites for hydroxylation is 1. The zero-order valence-corrected chi connectivity index (χ0v) is 14.9. The maximum absolute atomic E-state index is 6.25. The van der Waals surface area contributed by atoms with E-state index in [1.807, 2.05) is 49.5 Å². The highest BCUT2D eigenvalue weighted by atomic mass is 79.9. The first-order valence-corrected chi connectivity index (χ1v) is 8.45. The summed E-state index contributed by atoms with van der Waals surface area (Å²) in [5.41, 5.74) is 1.95. The van der Waals surface area contributed by atoms with Crippen LogP contribution in [0.2, 0.25) is 5.02 Å². The van der Waals surface area contributed by atoms with Crippen molar-refractivity contribution in [2.45, 2.75) is 6.92 Å². The van der Waals surface area contributed by atoms with Crippen molar-refractivity contribution >= 4 is 50.1 Å². The number of rotatable bonds is 5. The van der Waals surface area contributed by atoms with Gasteiger partial charge in [-0.25, -0.2) is 9.97 Å². The van der Waals surface area contributed by atoms with Crippen LogP contribution in [-0.2, 0) is 0 Å². The van der Waals surface area contributed by atoms with Crippen LogP contribution in [0, 0.1) is 6.92 Å². The monoisotopic (exact) mass is 390 g/mol. The number of anilines is 2. The third-order valence-electron chi connectivity index (χ3n) is 3.36. The van der Waals surface area contributed by atoms with Crippen molar-refractivity contribution in [3.8, 4) is 0 Å². The molecule has 0 aliphatic heterocycles. The van der Waals surface area contributed by atoms with Crippen LogP contribution in [0.3, 0.4) is 0 Å². The van der Waals surface area contributed by atoms with Crippen LogP contribution < -0.4 is 10.6 Å². The van der Waals surface area contributed by atoms with Gasteiger partial charge < -0.3 is 10.6 Å². The van der Waals surface area contributed by atoms with Gasteiger partial charge in [-0.3, -0.25) is 0 Å². The molecule has 0 amide bonds. The number of hydrogen-bond donors (Lipinski definition) is 2. The average molecular weight is 392 g/mol. The van der Waals surface area contributed by atoms with E-state index in [9.17, 15) is 0 Å². The molecular formula is C17H16BrClN4. The number of hydrogen-bond acceptors (Lipinski definition) is 4. The van der Waals surface area contributed by atoms with Gasteiger partial charge in [0.2, 0.25) is 0 Å². The number of halogens is 2. The van der Waals surface area contributed by atoms with Crippen molar-refractivity contribution in [2.75, 3.05) is 23.7 Å². The molecule has 0 atom stereocenters. The van der Waals surface area contributed by atoms with Gasteiger partial charge in [-0.1, -0.05) is 33.6 Å². The molecule has 4 nitrogen and oxygen atoms in total. The normalized spacial score (nSPS) is 10.7. The van der Waals surface area contributed by atoms with Gasteiger partial charge >= 0.3 is 0 Å². The minimum absolute atomic E-state index is 0.639. The highest BCUT2D eigenvalue weighted by Crippen LogP contribution is 2.27. The fraction of sp³-hybridized carbons (Fsp3) is 0.176. The molecule has 1 aromatic carbocycles. The molecular weight excluding hydrogens is 376 g/mol. The molecule has 0 aliphatic rings. The summed E-state index contributed by atoms with van der Waals surface area (Å²) in [6.07, 6.45) is 1.85. The van der Waals surface area contributed by atoms with Gasteiger partial charge in [0, 0.05) is 29.1 Å². The molecule has 0 saturated heterocycles. The first-order valence-electron chi connectivity index (χ1n) is 7.28. The summed E-state index contributed by atoms with van der Waals surface area (Å²) in [5, 5.41) is 8.20. The van der Waals surface area contributed by atoms with E-state index in [-0.39, 0.29) is 0 Å². The number of nitrogens with one attached hydrogen (secondary N) is 2. The molecule has 0 saturated carbocycles. The molecule has 0 fully saturated rings. The fourth-order valence-electron chi connectivity index (χ4n) is 2.21. The SMILES string of the molecule is Cc1ccc(NCCNc2ccc3cc(Br)cc(Cl)c3n2)nc1. The Labute approximate surface area is 148 Å². The maximum atomic E-state index is 6.25. The number of benzene rings is 1. The summed E-state index contributed by atoms with van der Waals surface area (Å²) in [7, 11) is 0. The number of pyridine rings is 2. The summed E-state index contributed by atoms with van der Waals surface area (Å²) in [6, 6.07) is 11.8. The lowest BCUT2D eigenvalue weighted by molar-refractivity contribution is 1.05. The van der Waals surface area contributed by atoms with Gasteiger partial charge in [-0.2, -0.15) is 0 Å². The minimum atomic E-state index is 0.639. The summed E-state index contributed by atoms with van der Waals surface area (Å²) < 4.78 is 0.951. The van der Waals surface area contributed by atoms with E-state index in [2.05, 4.69) is 36.5 Å². The number of fused-ring (bicyclic) bond motifs is 1. The first-order chi connectivity index (χ1) is 11.1. The molecule has 2 heterocycles. The molecule has 118 valence electrons. The second-order valence-corrected chi connectivity index (χ2v) is 6.55. The van der Waals surface area contributed by atoms with Crippen LogP contribution in [0.25, 0.3) is 10.9 Å². The van der Waals surface area contributed by atoms with Crippen molar-refractivity contribution in [3.63, 3.8) is 0 Å². The highest BCUT2D eigenvalue weighted by Gasteiger charge is 2.04. The van der Waals surface area contributed by atoms with Crippen LogP contribution in [0.1, 0.15) is 5.56 Å². The summed E-state index contributed by atoms with van der Waals surface area (Å²) in [4.78, 5) is 8.87. The van der Waals surface area contributed by atoms with E-state index in [0.717, 1.165) is 45.7 Å². The lowest BCUT2D eigenvalue weighted by atomic mass is 10.2. The predicted octanol–water partition coefficient (Wildman–Crippen LogP) is 4.88.